The maximum atomic E-state index is 12.4. The van der Waals surface area contributed by atoms with E-state index in [4.69, 9.17) is 22.7 Å². The van der Waals surface area contributed by atoms with Crippen LogP contribution in [0.4, 0.5) is 11.6 Å². The van der Waals surface area contributed by atoms with E-state index < -0.39 is 0 Å². The van der Waals surface area contributed by atoms with Gasteiger partial charge in [0.25, 0.3) is 5.91 Å². The summed E-state index contributed by atoms with van der Waals surface area (Å²) in [6, 6.07) is 5.84. The van der Waals surface area contributed by atoms with Gasteiger partial charge in [-0.2, -0.15) is 0 Å². The minimum atomic E-state index is -0.105. The zero-order valence-electron chi connectivity index (χ0n) is 18.4. The van der Waals surface area contributed by atoms with Crippen LogP contribution in [0, 0.1) is 5.41 Å². The number of amides is 1. The first-order chi connectivity index (χ1) is 15.9. The lowest BCUT2D eigenvalue weighted by atomic mass is 10.0. The second-order valence-corrected chi connectivity index (χ2v) is 9.28. The SMILES string of the molecule is CN1CCC(Nc2ncnc(N)c2C(=N)c2[nH]c3cc(C(=O)NC4CC4)ccc3c2Cl)CC1. The molecule has 2 aromatic heterocycles. The lowest BCUT2D eigenvalue weighted by molar-refractivity contribution is 0.0951. The molecule has 33 heavy (non-hydrogen) atoms. The zero-order chi connectivity index (χ0) is 23.1. The summed E-state index contributed by atoms with van der Waals surface area (Å²) < 4.78 is 0. The van der Waals surface area contributed by atoms with E-state index in [1.165, 1.54) is 6.33 Å². The second kappa shape index (κ2) is 8.64. The summed E-state index contributed by atoms with van der Waals surface area (Å²) in [6.07, 6.45) is 5.41. The Bertz CT molecular complexity index is 1230. The molecular weight excluding hydrogens is 440 g/mol. The first kappa shape index (κ1) is 21.7. The fourth-order valence-electron chi connectivity index (χ4n) is 4.20. The van der Waals surface area contributed by atoms with Gasteiger partial charge in [0.1, 0.15) is 18.0 Å². The first-order valence-electron chi connectivity index (χ1n) is 11.2. The van der Waals surface area contributed by atoms with Crippen LogP contribution in [0.1, 0.15) is 47.3 Å². The molecule has 1 aromatic carbocycles. The van der Waals surface area contributed by atoms with E-state index >= 15 is 0 Å². The minimum absolute atomic E-state index is 0.105. The van der Waals surface area contributed by atoms with Gasteiger partial charge in [-0.25, -0.2) is 9.97 Å². The number of rotatable bonds is 6. The Morgan fingerprint density at radius 1 is 1.21 bits per heavy atom. The summed E-state index contributed by atoms with van der Waals surface area (Å²) in [7, 11) is 2.11. The molecule has 3 aromatic rings. The van der Waals surface area contributed by atoms with Gasteiger partial charge in [-0.15, -0.1) is 0 Å². The van der Waals surface area contributed by atoms with Crippen molar-refractivity contribution in [1.29, 1.82) is 5.41 Å². The third-order valence-corrected chi connectivity index (χ3v) is 6.74. The summed E-state index contributed by atoms with van der Waals surface area (Å²) in [6.45, 7) is 1.99. The van der Waals surface area contributed by atoms with Gasteiger partial charge < -0.3 is 26.3 Å². The molecule has 1 saturated heterocycles. The fourth-order valence-corrected chi connectivity index (χ4v) is 4.51. The highest BCUT2D eigenvalue weighted by molar-refractivity contribution is 6.40. The molecule has 1 saturated carbocycles. The van der Waals surface area contributed by atoms with Crippen molar-refractivity contribution in [2.75, 3.05) is 31.2 Å². The summed E-state index contributed by atoms with van der Waals surface area (Å²) >= 11 is 6.66. The Morgan fingerprint density at radius 2 is 1.97 bits per heavy atom. The van der Waals surface area contributed by atoms with Crippen LogP contribution < -0.4 is 16.4 Å². The number of fused-ring (bicyclic) bond motifs is 1. The number of hydrogen-bond donors (Lipinski definition) is 5. The topological polar surface area (TPSA) is 136 Å². The van der Waals surface area contributed by atoms with Crippen LogP contribution in [0.15, 0.2) is 24.5 Å². The molecule has 2 fully saturated rings. The number of hydrogen-bond acceptors (Lipinski definition) is 7. The minimum Gasteiger partial charge on any atom is -0.383 e. The van der Waals surface area contributed by atoms with Crippen LogP contribution in [0.5, 0.6) is 0 Å². The standard InChI is InChI=1S/C23H27ClN8O/c1-32-8-6-14(7-9-32)29-22-17(21(26)27-11-28-22)19(25)20-18(24)15-5-2-12(10-16(15)31-20)23(33)30-13-3-4-13/h2,5,10-11,13-14,25,31H,3-4,6-9H2,1H3,(H,30,33)(H3,26,27,28,29). The van der Waals surface area contributed by atoms with Crippen LogP contribution in [-0.4, -0.2) is 63.7 Å². The van der Waals surface area contributed by atoms with Crippen LogP contribution in [0.3, 0.4) is 0 Å². The van der Waals surface area contributed by atoms with Gasteiger partial charge in [0.05, 0.1) is 22.0 Å². The number of aromatic amines is 1. The molecule has 1 aliphatic carbocycles. The number of nitrogen functional groups attached to an aromatic ring is 1. The average Bonchev–Trinajstić information content (AvgIpc) is 3.56. The molecule has 0 radical (unpaired) electrons. The molecule has 2 aliphatic rings. The van der Waals surface area contributed by atoms with Gasteiger partial charge in [0.15, 0.2) is 0 Å². The highest BCUT2D eigenvalue weighted by Crippen LogP contribution is 2.32. The molecule has 0 spiro atoms. The molecule has 1 amide bonds. The van der Waals surface area contributed by atoms with E-state index in [0.29, 0.717) is 33.2 Å². The summed E-state index contributed by atoms with van der Waals surface area (Å²) in [4.78, 5) is 26.4. The molecule has 6 N–H and O–H groups in total. The van der Waals surface area contributed by atoms with Gasteiger partial charge in [0.2, 0.25) is 0 Å². The molecule has 1 aliphatic heterocycles. The fraction of sp³-hybridized carbons (Fsp3) is 0.391. The highest BCUT2D eigenvalue weighted by Gasteiger charge is 2.26. The number of benzene rings is 1. The largest absolute Gasteiger partial charge is 0.383 e. The number of nitrogens with one attached hydrogen (secondary N) is 4. The third kappa shape index (κ3) is 4.38. The van der Waals surface area contributed by atoms with Crippen molar-refractivity contribution in [3.8, 4) is 0 Å². The first-order valence-corrected chi connectivity index (χ1v) is 11.6. The van der Waals surface area contributed by atoms with E-state index in [9.17, 15) is 4.79 Å². The number of aromatic nitrogens is 3. The third-order valence-electron chi connectivity index (χ3n) is 6.35. The number of carbonyl (C=O) groups is 1. The Kier molecular flexibility index (Phi) is 5.67. The molecular formula is C23H27ClN8O. The smallest absolute Gasteiger partial charge is 0.251 e. The Balaban J connectivity index is 1.45. The lowest BCUT2D eigenvalue weighted by Crippen LogP contribution is -2.37. The lowest BCUT2D eigenvalue weighted by Gasteiger charge is -2.30. The maximum Gasteiger partial charge on any atom is 0.251 e. The Morgan fingerprint density at radius 3 is 2.70 bits per heavy atom. The number of H-pyrrole nitrogens is 1. The van der Waals surface area contributed by atoms with Gasteiger partial charge >= 0.3 is 0 Å². The van der Waals surface area contributed by atoms with Crippen LogP contribution in [-0.2, 0) is 0 Å². The van der Waals surface area contributed by atoms with E-state index in [-0.39, 0.29) is 29.5 Å². The van der Waals surface area contributed by atoms with Crippen molar-refractivity contribution >= 4 is 45.8 Å². The number of halogens is 1. The molecule has 0 bridgehead atoms. The van der Waals surface area contributed by atoms with Gasteiger partial charge in [-0.3, -0.25) is 10.2 Å². The second-order valence-electron chi connectivity index (χ2n) is 8.90. The average molecular weight is 467 g/mol. The monoisotopic (exact) mass is 466 g/mol. The molecule has 0 atom stereocenters. The number of carbonyl (C=O) groups excluding carboxylic acids is 1. The zero-order valence-corrected chi connectivity index (χ0v) is 19.2. The van der Waals surface area contributed by atoms with Crippen molar-refractivity contribution in [2.24, 2.45) is 0 Å². The van der Waals surface area contributed by atoms with E-state index in [1.54, 1.807) is 18.2 Å². The number of likely N-dealkylation sites (tertiary alicyclic amines) is 1. The van der Waals surface area contributed by atoms with Crippen molar-refractivity contribution in [1.82, 2.24) is 25.2 Å². The van der Waals surface area contributed by atoms with E-state index in [1.807, 2.05) is 0 Å². The van der Waals surface area contributed by atoms with Gasteiger partial charge in [0, 0.05) is 28.6 Å². The quantitative estimate of drug-likeness (QED) is 0.354. The predicted octanol–water partition coefficient (Wildman–Crippen LogP) is 3.01. The van der Waals surface area contributed by atoms with Crippen LogP contribution in [0.2, 0.25) is 5.02 Å². The van der Waals surface area contributed by atoms with E-state index in [0.717, 1.165) is 44.2 Å². The van der Waals surface area contributed by atoms with Crippen molar-refractivity contribution in [3.63, 3.8) is 0 Å². The van der Waals surface area contributed by atoms with Crippen LogP contribution in [0.25, 0.3) is 10.9 Å². The number of nitrogens with two attached hydrogens (primary N) is 1. The summed E-state index contributed by atoms with van der Waals surface area (Å²) in [5, 5.41) is 16.5. The van der Waals surface area contributed by atoms with Crippen molar-refractivity contribution < 1.29 is 4.79 Å². The Hall–Kier alpha value is -3.17. The highest BCUT2D eigenvalue weighted by atomic mass is 35.5. The predicted molar refractivity (Wildman–Crippen MR) is 130 cm³/mol. The van der Waals surface area contributed by atoms with Gasteiger partial charge in [-0.1, -0.05) is 17.7 Å². The maximum absolute atomic E-state index is 12.4. The summed E-state index contributed by atoms with van der Waals surface area (Å²) in [5.41, 5.74) is 8.37. The Labute approximate surface area is 196 Å². The molecule has 3 heterocycles. The number of nitrogens with zero attached hydrogens (tertiary/aromatic N) is 3. The normalized spacial score (nSPS) is 17.3. The molecule has 10 heteroatoms. The van der Waals surface area contributed by atoms with Crippen molar-refractivity contribution in [3.05, 3.63) is 46.4 Å². The molecule has 0 unspecified atom stereocenters. The molecule has 9 nitrogen and oxygen atoms in total. The molecule has 172 valence electrons. The number of anilines is 2. The van der Waals surface area contributed by atoms with Crippen molar-refractivity contribution in [2.45, 2.75) is 37.8 Å². The van der Waals surface area contributed by atoms with Crippen LogP contribution >= 0.6 is 11.6 Å². The number of piperidine rings is 1. The summed E-state index contributed by atoms with van der Waals surface area (Å²) in [5.74, 6) is 0.637. The van der Waals surface area contributed by atoms with Gasteiger partial charge in [-0.05, 0) is 58.0 Å². The molecule has 5 rings (SSSR count). The van der Waals surface area contributed by atoms with E-state index in [2.05, 4.69) is 37.5 Å².